The Bertz CT molecular complexity index is 829. The molecule has 0 aromatic heterocycles. The van der Waals surface area contributed by atoms with Crippen LogP contribution in [-0.4, -0.2) is 35.4 Å². The Balaban J connectivity index is 2.14. The fourth-order valence-corrected chi connectivity index (χ4v) is 3.21. The predicted octanol–water partition coefficient (Wildman–Crippen LogP) is 4.81. The molecule has 0 aliphatic carbocycles. The van der Waals surface area contributed by atoms with E-state index < -0.39 is 6.04 Å². The van der Waals surface area contributed by atoms with Gasteiger partial charge in [0, 0.05) is 22.1 Å². The van der Waals surface area contributed by atoms with Crippen molar-refractivity contribution in [3.05, 3.63) is 63.6 Å². The average Bonchev–Trinajstić information content (AvgIpc) is 2.70. The third kappa shape index (κ3) is 7.37. The van der Waals surface area contributed by atoms with Crippen LogP contribution in [0.25, 0.3) is 0 Å². The maximum Gasteiger partial charge on any atom is 0.261 e. The van der Waals surface area contributed by atoms with Gasteiger partial charge in [-0.2, -0.15) is 0 Å². The standard InChI is InChI=1S/C22H26BrClN2O3/c1-4-15(2)25-22(28)16(3)26(13-17-6-5-7-18(23)12-17)21(27)14-29-20-10-8-19(24)9-11-20/h5-12,15-16H,4,13-14H2,1-3H3,(H,25,28). The molecule has 0 saturated carbocycles. The fourth-order valence-electron chi connectivity index (χ4n) is 2.64. The lowest BCUT2D eigenvalue weighted by molar-refractivity contribution is -0.142. The number of nitrogens with one attached hydrogen (secondary N) is 1. The zero-order valence-electron chi connectivity index (χ0n) is 16.8. The molecule has 5 nitrogen and oxygen atoms in total. The number of carbonyl (C=O) groups excluding carboxylic acids is 2. The van der Waals surface area contributed by atoms with Gasteiger partial charge in [0.2, 0.25) is 5.91 Å². The minimum Gasteiger partial charge on any atom is -0.484 e. The van der Waals surface area contributed by atoms with E-state index in [2.05, 4.69) is 21.2 Å². The molecule has 29 heavy (non-hydrogen) atoms. The van der Waals surface area contributed by atoms with Crippen LogP contribution in [0.5, 0.6) is 5.75 Å². The lowest BCUT2D eigenvalue weighted by Crippen LogP contribution is -2.50. The van der Waals surface area contributed by atoms with Crippen molar-refractivity contribution < 1.29 is 14.3 Å². The van der Waals surface area contributed by atoms with Crippen LogP contribution in [0.4, 0.5) is 0 Å². The second-order valence-electron chi connectivity index (χ2n) is 6.89. The number of halogens is 2. The molecule has 0 spiro atoms. The highest BCUT2D eigenvalue weighted by molar-refractivity contribution is 9.10. The Morgan fingerprint density at radius 1 is 1.17 bits per heavy atom. The molecular weight excluding hydrogens is 456 g/mol. The molecule has 7 heteroatoms. The number of hydrogen-bond donors (Lipinski definition) is 1. The Labute approximate surface area is 185 Å². The van der Waals surface area contributed by atoms with E-state index in [1.807, 2.05) is 38.1 Å². The van der Waals surface area contributed by atoms with E-state index in [-0.39, 0.29) is 24.5 Å². The van der Waals surface area contributed by atoms with Gasteiger partial charge in [-0.15, -0.1) is 0 Å². The summed E-state index contributed by atoms with van der Waals surface area (Å²) in [6.45, 7) is 5.80. The lowest BCUT2D eigenvalue weighted by atomic mass is 10.1. The second kappa shape index (κ2) is 11.2. The molecule has 1 N–H and O–H groups in total. The van der Waals surface area contributed by atoms with Gasteiger partial charge in [-0.3, -0.25) is 9.59 Å². The molecule has 2 amide bonds. The molecule has 0 bridgehead atoms. The second-order valence-corrected chi connectivity index (χ2v) is 8.24. The van der Waals surface area contributed by atoms with Crippen molar-refractivity contribution in [3.8, 4) is 5.75 Å². The molecule has 2 atom stereocenters. The number of nitrogens with zero attached hydrogens (tertiary/aromatic N) is 1. The summed E-state index contributed by atoms with van der Waals surface area (Å²) in [4.78, 5) is 27.2. The van der Waals surface area contributed by atoms with Crippen LogP contribution in [0.2, 0.25) is 5.02 Å². The highest BCUT2D eigenvalue weighted by Crippen LogP contribution is 2.18. The van der Waals surface area contributed by atoms with E-state index in [0.717, 1.165) is 16.5 Å². The molecule has 2 aromatic rings. The largest absolute Gasteiger partial charge is 0.484 e. The number of ether oxygens (including phenoxy) is 1. The van der Waals surface area contributed by atoms with Crippen molar-refractivity contribution in [1.82, 2.24) is 10.2 Å². The third-order valence-electron chi connectivity index (χ3n) is 4.59. The summed E-state index contributed by atoms with van der Waals surface area (Å²) in [5, 5.41) is 3.54. The van der Waals surface area contributed by atoms with Gasteiger partial charge in [0.15, 0.2) is 6.61 Å². The summed E-state index contributed by atoms with van der Waals surface area (Å²) in [6.07, 6.45) is 0.817. The van der Waals surface area contributed by atoms with Crippen LogP contribution in [0.15, 0.2) is 53.0 Å². The van der Waals surface area contributed by atoms with E-state index in [0.29, 0.717) is 17.3 Å². The summed E-state index contributed by atoms with van der Waals surface area (Å²) in [5.41, 5.74) is 0.919. The topological polar surface area (TPSA) is 58.6 Å². The van der Waals surface area contributed by atoms with Crippen LogP contribution >= 0.6 is 27.5 Å². The van der Waals surface area contributed by atoms with E-state index >= 15 is 0 Å². The summed E-state index contributed by atoms with van der Waals surface area (Å²) in [5.74, 6) is 0.0859. The first kappa shape index (κ1) is 23.2. The van der Waals surface area contributed by atoms with Gasteiger partial charge in [-0.1, -0.05) is 46.6 Å². The van der Waals surface area contributed by atoms with Gasteiger partial charge in [-0.05, 0) is 62.2 Å². The maximum atomic E-state index is 13.0. The molecule has 0 aliphatic heterocycles. The summed E-state index contributed by atoms with van der Waals surface area (Å²) in [7, 11) is 0. The molecule has 0 radical (unpaired) electrons. The first-order valence-corrected chi connectivity index (χ1v) is 10.7. The predicted molar refractivity (Wildman–Crippen MR) is 119 cm³/mol. The molecule has 2 unspecified atom stereocenters. The van der Waals surface area contributed by atoms with Crippen LogP contribution in [0, 0.1) is 0 Å². The monoisotopic (exact) mass is 480 g/mol. The normalized spacial score (nSPS) is 12.7. The third-order valence-corrected chi connectivity index (χ3v) is 5.33. The van der Waals surface area contributed by atoms with Crippen molar-refractivity contribution in [2.45, 2.75) is 45.8 Å². The molecule has 0 aliphatic rings. The van der Waals surface area contributed by atoms with Gasteiger partial charge in [-0.25, -0.2) is 0 Å². The minimum atomic E-state index is -0.635. The van der Waals surface area contributed by atoms with Crippen LogP contribution < -0.4 is 10.1 Å². The molecular formula is C22H26BrClN2O3. The first-order valence-electron chi connectivity index (χ1n) is 9.52. The van der Waals surface area contributed by atoms with Crippen molar-refractivity contribution in [1.29, 1.82) is 0 Å². The Kier molecular flexibility index (Phi) is 8.99. The van der Waals surface area contributed by atoms with E-state index in [9.17, 15) is 9.59 Å². The Morgan fingerprint density at radius 2 is 1.86 bits per heavy atom. The van der Waals surface area contributed by atoms with E-state index in [1.54, 1.807) is 31.2 Å². The zero-order chi connectivity index (χ0) is 21.4. The molecule has 156 valence electrons. The Hall–Kier alpha value is -2.05. The summed E-state index contributed by atoms with van der Waals surface area (Å²) < 4.78 is 6.52. The quantitative estimate of drug-likeness (QED) is 0.559. The average molecular weight is 482 g/mol. The van der Waals surface area contributed by atoms with Gasteiger partial charge in [0.1, 0.15) is 11.8 Å². The van der Waals surface area contributed by atoms with Crippen LogP contribution in [0.1, 0.15) is 32.8 Å². The van der Waals surface area contributed by atoms with Gasteiger partial charge >= 0.3 is 0 Å². The van der Waals surface area contributed by atoms with E-state index in [4.69, 9.17) is 16.3 Å². The fraction of sp³-hybridized carbons (Fsp3) is 0.364. The summed E-state index contributed by atoms with van der Waals surface area (Å²) >= 11 is 9.32. The Morgan fingerprint density at radius 3 is 2.48 bits per heavy atom. The smallest absolute Gasteiger partial charge is 0.261 e. The summed E-state index contributed by atoms with van der Waals surface area (Å²) in [6, 6.07) is 13.9. The van der Waals surface area contributed by atoms with Crippen LogP contribution in [-0.2, 0) is 16.1 Å². The highest BCUT2D eigenvalue weighted by Gasteiger charge is 2.27. The van der Waals surface area contributed by atoms with Crippen molar-refractivity contribution in [3.63, 3.8) is 0 Å². The number of benzene rings is 2. The molecule has 2 aromatic carbocycles. The van der Waals surface area contributed by atoms with Crippen LogP contribution in [0.3, 0.4) is 0 Å². The van der Waals surface area contributed by atoms with Crippen molar-refractivity contribution in [2.24, 2.45) is 0 Å². The number of rotatable bonds is 9. The SMILES string of the molecule is CCC(C)NC(=O)C(C)N(Cc1cccc(Br)c1)C(=O)COc1ccc(Cl)cc1. The number of amides is 2. The van der Waals surface area contributed by atoms with E-state index in [1.165, 1.54) is 4.90 Å². The van der Waals surface area contributed by atoms with Gasteiger partial charge in [0.05, 0.1) is 0 Å². The van der Waals surface area contributed by atoms with Crippen molar-refractivity contribution in [2.75, 3.05) is 6.61 Å². The van der Waals surface area contributed by atoms with Gasteiger partial charge in [0.25, 0.3) is 5.91 Å². The molecule has 0 saturated heterocycles. The molecule has 0 heterocycles. The maximum absolute atomic E-state index is 13.0. The highest BCUT2D eigenvalue weighted by atomic mass is 79.9. The number of hydrogen-bond acceptors (Lipinski definition) is 3. The minimum absolute atomic E-state index is 0.0399. The van der Waals surface area contributed by atoms with Gasteiger partial charge < -0.3 is 15.0 Å². The van der Waals surface area contributed by atoms with Crippen molar-refractivity contribution >= 4 is 39.3 Å². The number of carbonyl (C=O) groups is 2. The molecule has 0 fully saturated rings. The first-order chi connectivity index (χ1) is 13.8. The zero-order valence-corrected chi connectivity index (χ0v) is 19.2. The molecule has 2 rings (SSSR count). The lowest BCUT2D eigenvalue weighted by Gasteiger charge is -2.29.